The second-order valence-corrected chi connectivity index (χ2v) is 10.5. The number of hydrogen-bond acceptors (Lipinski definition) is 8. The zero-order chi connectivity index (χ0) is 21.6. The third-order valence-corrected chi connectivity index (χ3v) is 8.55. The smallest absolute Gasteiger partial charge is 0.245 e. The first-order valence-electron chi connectivity index (χ1n) is 9.43. The van der Waals surface area contributed by atoms with Gasteiger partial charge in [-0.3, -0.25) is 4.79 Å². The van der Waals surface area contributed by atoms with Crippen LogP contribution in [0.5, 0.6) is 0 Å². The Hall–Kier alpha value is -2.54. The molecule has 12 heteroatoms. The summed E-state index contributed by atoms with van der Waals surface area (Å²) in [5.41, 5.74) is 3.76. The normalized spacial score (nSPS) is 20.3. The maximum atomic E-state index is 15.0. The van der Waals surface area contributed by atoms with E-state index in [1.54, 1.807) is 29.8 Å². The van der Waals surface area contributed by atoms with Crippen molar-refractivity contribution in [2.45, 2.75) is 17.5 Å². The van der Waals surface area contributed by atoms with Crippen LogP contribution in [0.25, 0.3) is 21.3 Å². The summed E-state index contributed by atoms with van der Waals surface area (Å²) in [6.07, 6.45) is -1.55. The lowest BCUT2D eigenvalue weighted by molar-refractivity contribution is -0.123. The molecule has 8 nitrogen and oxygen atoms in total. The van der Waals surface area contributed by atoms with E-state index in [0.29, 0.717) is 11.2 Å². The van der Waals surface area contributed by atoms with Crippen LogP contribution in [0.15, 0.2) is 46.8 Å². The molecule has 2 atom stereocenters. The predicted octanol–water partition coefficient (Wildman–Crippen LogP) is 3.29. The number of thiazole rings is 1. The monoisotopic (exact) mass is 477 g/mol. The number of hydrogen-bond donors (Lipinski definition) is 1. The van der Waals surface area contributed by atoms with Crippen molar-refractivity contribution in [1.29, 1.82) is 0 Å². The molecule has 0 saturated carbocycles. The van der Waals surface area contributed by atoms with Crippen LogP contribution >= 0.6 is 23.1 Å². The SMILES string of the molecule is O=C(Nc1ccc2scnc2c1)[C@H]1CCN(S(=O)(=O)c2cccc3nsnc23)C[C@@H]1F. The fourth-order valence-corrected chi connectivity index (χ4v) is 6.56. The molecule has 1 aliphatic heterocycles. The van der Waals surface area contributed by atoms with Gasteiger partial charge in [0.1, 0.15) is 22.1 Å². The minimum absolute atomic E-state index is 0.00502. The van der Waals surface area contributed by atoms with Crippen molar-refractivity contribution >= 4 is 65.9 Å². The Kier molecular flexibility index (Phi) is 5.16. The molecule has 4 aromatic rings. The van der Waals surface area contributed by atoms with E-state index >= 15 is 0 Å². The molecule has 1 saturated heterocycles. The van der Waals surface area contributed by atoms with Gasteiger partial charge in [0.25, 0.3) is 0 Å². The van der Waals surface area contributed by atoms with Crippen LogP contribution in [0.1, 0.15) is 6.42 Å². The van der Waals surface area contributed by atoms with Gasteiger partial charge in [-0.25, -0.2) is 17.8 Å². The molecule has 1 N–H and O–H groups in total. The molecule has 0 unspecified atom stereocenters. The number of halogens is 1. The number of nitrogens with one attached hydrogen (secondary N) is 1. The van der Waals surface area contributed by atoms with E-state index in [-0.39, 0.29) is 29.9 Å². The first-order valence-corrected chi connectivity index (χ1v) is 12.5. The minimum atomic E-state index is -3.96. The molecule has 0 spiro atoms. The molecule has 1 fully saturated rings. The number of aromatic nitrogens is 3. The lowest BCUT2D eigenvalue weighted by atomic mass is 9.95. The van der Waals surface area contributed by atoms with Gasteiger partial charge in [0.2, 0.25) is 15.9 Å². The Morgan fingerprint density at radius 3 is 2.90 bits per heavy atom. The third kappa shape index (κ3) is 3.69. The van der Waals surface area contributed by atoms with Gasteiger partial charge in [-0.1, -0.05) is 6.07 Å². The Morgan fingerprint density at radius 2 is 2.06 bits per heavy atom. The number of nitrogens with zero attached hydrogens (tertiary/aromatic N) is 4. The molecular formula is C19H16FN5O3S3. The molecule has 160 valence electrons. The van der Waals surface area contributed by atoms with Crippen molar-refractivity contribution in [3.05, 3.63) is 41.9 Å². The number of piperidine rings is 1. The lowest BCUT2D eigenvalue weighted by Crippen LogP contribution is -2.48. The standard InChI is InChI=1S/C19H16FN5O3S3/c20-13-9-25(31(27,28)17-3-1-2-14-18(17)24-30-23-14)7-6-12(13)19(26)22-11-4-5-16-15(8-11)21-10-29-16/h1-5,8,10,12-13H,6-7,9H2,(H,22,26)/t12-,13-/m0/s1. The molecule has 31 heavy (non-hydrogen) atoms. The van der Waals surface area contributed by atoms with Crippen molar-refractivity contribution in [2.24, 2.45) is 5.92 Å². The zero-order valence-corrected chi connectivity index (χ0v) is 18.4. The summed E-state index contributed by atoms with van der Waals surface area (Å²) in [5.74, 6) is -1.40. The molecular weight excluding hydrogens is 461 g/mol. The predicted molar refractivity (Wildman–Crippen MR) is 117 cm³/mol. The Labute approximate surface area is 185 Å². The van der Waals surface area contributed by atoms with Gasteiger partial charge in [-0.05, 0) is 36.8 Å². The number of anilines is 1. The molecule has 2 aromatic heterocycles. The number of alkyl halides is 1. The Morgan fingerprint density at radius 1 is 1.19 bits per heavy atom. The summed E-state index contributed by atoms with van der Waals surface area (Å²) in [4.78, 5) is 16.9. The summed E-state index contributed by atoms with van der Waals surface area (Å²) < 4.78 is 51.4. The quantitative estimate of drug-likeness (QED) is 0.484. The van der Waals surface area contributed by atoms with E-state index in [9.17, 15) is 17.6 Å². The van der Waals surface area contributed by atoms with Crippen molar-refractivity contribution in [2.75, 3.05) is 18.4 Å². The van der Waals surface area contributed by atoms with Gasteiger partial charge in [0.15, 0.2) is 0 Å². The fraction of sp³-hybridized carbons (Fsp3) is 0.263. The van der Waals surface area contributed by atoms with E-state index in [2.05, 4.69) is 19.0 Å². The van der Waals surface area contributed by atoms with E-state index in [1.165, 1.54) is 17.4 Å². The molecule has 0 aliphatic carbocycles. The van der Waals surface area contributed by atoms with Crippen LogP contribution in [-0.2, 0) is 14.8 Å². The number of sulfonamides is 1. The number of benzene rings is 2. The van der Waals surface area contributed by atoms with E-state index in [4.69, 9.17) is 0 Å². The highest BCUT2D eigenvalue weighted by molar-refractivity contribution is 7.89. The van der Waals surface area contributed by atoms with Crippen molar-refractivity contribution in [1.82, 2.24) is 18.0 Å². The molecule has 2 aromatic carbocycles. The van der Waals surface area contributed by atoms with E-state index < -0.39 is 28.0 Å². The van der Waals surface area contributed by atoms with Gasteiger partial charge in [0.05, 0.1) is 33.4 Å². The summed E-state index contributed by atoms with van der Waals surface area (Å²) in [6.45, 7) is -0.348. The second-order valence-electron chi connectivity index (χ2n) is 7.19. The largest absolute Gasteiger partial charge is 0.326 e. The molecule has 0 bridgehead atoms. The highest BCUT2D eigenvalue weighted by Gasteiger charge is 2.39. The summed E-state index contributed by atoms with van der Waals surface area (Å²) in [7, 11) is -3.96. The average molecular weight is 478 g/mol. The molecule has 0 radical (unpaired) electrons. The first kappa shape index (κ1) is 20.4. The number of amides is 1. The summed E-state index contributed by atoms with van der Waals surface area (Å²) >= 11 is 2.41. The number of carbonyl (C=O) groups excluding carboxylic acids is 1. The highest BCUT2D eigenvalue weighted by Crippen LogP contribution is 2.30. The van der Waals surface area contributed by atoms with Crippen LogP contribution in [0.3, 0.4) is 0 Å². The maximum absolute atomic E-state index is 15.0. The topological polar surface area (TPSA) is 105 Å². The highest BCUT2D eigenvalue weighted by atomic mass is 32.2. The summed E-state index contributed by atoms with van der Waals surface area (Å²) in [5, 5.41) is 2.73. The molecule has 5 rings (SSSR count). The van der Waals surface area contributed by atoms with Crippen LogP contribution in [-0.4, -0.2) is 51.6 Å². The number of carbonyl (C=O) groups is 1. The van der Waals surface area contributed by atoms with Crippen LogP contribution < -0.4 is 5.32 Å². The number of rotatable bonds is 4. The van der Waals surface area contributed by atoms with Gasteiger partial charge in [-0.15, -0.1) is 11.3 Å². The van der Waals surface area contributed by atoms with Gasteiger partial charge in [-0.2, -0.15) is 13.1 Å². The fourth-order valence-electron chi connectivity index (χ4n) is 3.69. The molecule has 1 aliphatic rings. The molecule has 1 amide bonds. The van der Waals surface area contributed by atoms with Crippen molar-refractivity contribution in [3.63, 3.8) is 0 Å². The summed E-state index contributed by atoms with van der Waals surface area (Å²) in [6, 6.07) is 10.0. The number of fused-ring (bicyclic) bond motifs is 2. The van der Waals surface area contributed by atoms with Crippen molar-refractivity contribution < 1.29 is 17.6 Å². The van der Waals surface area contributed by atoms with Crippen LogP contribution in [0.4, 0.5) is 10.1 Å². The van der Waals surface area contributed by atoms with Crippen molar-refractivity contribution in [3.8, 4) is 0 Å². The van der Waals surface area contributed by atoms with Crippen LogP contribution in [0.2, 0.25) is 0 Å². The molecule has 3 heterocycles. The third-order valence-electron chi connectivity index (χ3n) is 5.31. The Balaban J connectivity index is 1.31. The van der Waals surface area contributed by atoms with E-state index in [0.717, 1.165) is 26.3 Å². The average Bonchev–Trinajstić information content (AvgIpc) is 3.42. The first-order chi connectivity index (χ1) is 14.9. The van der Waals surface area contributed by atoms with Crippen LogP contribution in [0, 0.1) is 5.92 Å². The van der Waals surface area contributed by atoms with Gasteiger partial charge in [0, 0.05) is 18.8 Å². The maximum Gasteiger partial charge on any atom is 0.245 e. The van der Waals surface area contributed by atoms with E-state index in [1.807, 2.05) is 6.07 Å². The second kappa shape index (κ2) is 7.86. The zero-order valence-electron chi connectivity index (χ0n) is 15.9. The lowest BCUT2D eigenvalue weighted by Gasteiger charge is -2.33. The minimum Gasteiger partial charge on any atom is -0.326 e. The Bertz CT molecular complexity index is 1390. The van der Waals surface area contributed by atoms with Gasteiger partial charge >= 0.3 is 0 Å². The van der Waals surface area contributed by atoms with Gasteiger partial charge < -0.3 is 5.32 Å².